The lowest BCUT2D eigenvalue weighted by Crippen LogP contribution is -3.12. The number of nitrogens with zero attached hydrogens (tertiary/aromatic N) is 1. The van der Waals surface area contributed by atoms with E-state index < -0.39 is 0 Å². The van der Waals surface area contributed by atoms with Gasteiger partial charge in [0.2, 0.25) is 5.91 Å². The van der Waals surface area contributed by atoms with Crippen LogP contribution in [0.4, 0.5) is 4.39 Å². The monoisotopic (exact) mass is 291 g/mol. The van der Waals surface area contributed by atoms with Crippen molar-refractivity contribution in [2.45, 2.75) is 32.2 Å². The number of nitrogens with one attached hydrogen (secondary N) is 1. The molecule has 1 aromatic carbocycles. The topological polar surface area (TPSA) is 24.8 Å². The third kappa shape index (κ3) is 3.62. The summed E-state index contributed by atoms with van der Waals surface area (Å²) in [4.78, 5) is 16.0. The van der Waals surface area contributed by atoms with Crippen LogP contribution in [0.5, 0.6) is 0 Å². The Bertz CT molecular complexity index is 482. The highest BCUT2D eigenvalue weighted by Crippen LogP contribution is 2.16. The van der Waals surface area contributed by atoms with Crippen molar-refractivity contribution in [2.24, 2.45) is 5.92 Å². The maximum Gasteiger partial charge on any atom is 0.231 e. The lowest BCUT2D eigenvalue weighted by molar-refractivity contribution is -0.921. The summed E-state index contributed by atoms with van der Waals surface area (Å²) < 4.78 is 12.9. The Morgan fingerprint density at radius 2 is 1.90 bits per heavy atom. The fourth-order valence-electron chi connectivity index (χ4n) is 3.61. The van der Waals surface area contributed by atoms with E-state index in [1.807, 2.05) is 17.0 Å². The number of likely N-dealkylation sites (tertiary alicyclic amines) is 2. The Balaban J connectivity index is 1.57. The van der Waals surface area contributed by atoms with Crippen LogP contribution in [0, 0.1) is 11.7 Å². The molecule has 21 heavy (non-hydrogen) atoms. The van der Waals surface area contributed by atoms with Crippen LogP contribution < -0.4 is 4.90 Å². The number of rotatable bonds is 3. The van der Waals surface area contributed by atoms with Gasteiger partial charge in [0.15, 0.2) is 0 Å². The molecule has 2 heterocycles. The van der Waals surface area contributed by atoms with Gasteiger partial charge in [-0.15, -0.1) is 0 Å². The predicted molar refractivity (Wildman–Crippen MR) is 79.3 cm³/mol. The summed E-state index contributed by atoms with van der Waals surface area (Å²) in [5.74, 6) is 0.366. The van der Waals surface area contributed by atoms with E-state index in [4.69, 9.17) is 0 Å². The van der Waals surface area contributed by atoms with Gasteiger partial charge in [0.05, 0.1) is 19.0 Å². The molecule has 0 saturated carbocycles. The molecule has 2 aliphatic heterocycles. The van der Waals surface area contributed by atoms with Gasteiger partial charge in [0.25, 0.3) is 0 Å². The van der Waals surface area contributed by atoms with E-state index in [0.717, 1.165) is 64.0 Å². The minimum Gasteiger partial charge on any atom is -0.342 e. The van der Waals surface area contributed by atoms with Crippen LogP contribution in [-0.4, -0.2) is 37.0 Å². The first kappa shape index (κ1) is 14.5. The molecule has 1 aromatic rings. The number of hydrogen-bond donors (Lipinski definition) is 1. The normalized spacial score (nSPS) is 26.0. The molecule has 0 spiro atoms. The minimum absolute atomic E-state index is 0.186. The van der Waals surface area contributed by atoms with Crippen LogP contribution in [0.1, 0.15) is 31.2 Å². The highest BCUT2D eigenvalue weighted by molar-refractivity contribution is 5.79. The fourth-order valence-corrected chi connectivity index (χ4v) is 3.61. The zero-order chi connectivity index (χ0) is 14.7. The maximum atomic E-state index is 12.9. The fraction of sp³-hybridized carbons (Fsp3) is 0.588. The van der Waals surface area contributed by atoms with Gasteiger partial charge in [0.1, 0.15) is 12.4 Å². The quantitative estimate of drug-likeness (QED) is 0.890. The van der Waals surface area contributed by atoms with E-state index >= 15 is 0 Å². The zero-order valence-electron chi connectivity index (χ0n) is 12.5. The van der Waals surface area contributed by atoms with Crippen molar-refractivity contribution in [1.29, 1.82) is 0 Å². The van der Waals surface area contributed by atoms with E-state index in [1.54, 1.807) is 0 Å². The molecule has 0 radical (unpaired) electrons. The van der Waals surface area contributed by atoms with Crippen molar-refractivity contribution in [3.8, 4) is 0 Å². The molecule has 2 fully saturated rings. The minimum atomic E-state index is -0.186. The van der Waals surface area contributed by atoms with Crippen molar-refractivity contribution in [2.75, 3.05) is 26.2 Å². The second-order valence-corrected chi connectivity index (χ2v) is 6.38. The molecular formula is C17H24FN2O+. The van der Waals surface area contributed by atoms with Crippen molar-refractivity contribution >= 4 is 5.91 Å². The number of carbonyl (C=O) groups excluding carboxylic acids is 1. The first-order valence-electron chi connectivity index (χ1n) is 8.09. The summed E-state index contributed by atoms with van der Waals surface area (Å²) >= 11 is 0. The molecule has 1 N–H and O–H groups in total. The second kappa shape index (κ2) is 6.56. The van der Waals surface area contributed by atoms with Crippen LogP contribution in [0.15, 0.2) is 24.3 Å². The van der Waals surface area contributed by atoms with Crippen molar-refractivity contribution in [1.82, 2.24) is 4.90 Å². The van der Waals surface area contributed by atoms with Gasteiger partial charge in [-0.05, 0) is 37.8 Å². The number of piperidine rings is 1. The molecule has 114 valence electrons. The molecule has 0 aromatic heterocycles. The van der Waals surface area contributed by atoms with E-state index in [1.165, 1.54) is 17.0 Å². The molecule has 0 aliphatic carbocycles. The number of benzene rings is 1. The van der Waals surface area contributed by atoms with Gasteiger partial charge in [-0.2, -0.15) is 0 Å². The third-order valence-electron chi connectivity index (χ3n) is 4.75. The highest BCUT2D eigenvalue weighted by Gasteiger charge is 2.32. The number of hydrogen-bond acceptors (Lipinski definition) is 1. The van der Waals surface area contributed by atoms with Gasteiger partial charge >= 0.3 is 0 Å². The number of halogens is 1. The Morgan fingerprint density at radius 1 is 1.19 bits per heavy atom. The predicted octanol–water partition coefficient (Wildman–Crippen LogP) is 1.24. The molecule has 2 aliphatic rings. The van der Waals surface area contributed by atoms with Gasteiger partial charge in [0, 0.05) is 18.7 Å². The Labute approximate surface area is 125 Å². The highest BCUT2D eigenvalue weighted by atomic mass is 19.1. The number of quaternary nitrogens is 1. The maximum absolute atomic E-state index is 12.9. The van der Waals surface area contributed by atoms with Gasteiger partial charge < -0.3 is 9.80 Å². The molecule has 3 nitrogen and oxygen atoms in total. The molecular weight excluding hydrogens is 267 g/mol. The molecule has 4 heteroatoms. The molecule has 1 amide bonds. The number of amides is 1. The molecule has 2 saturated heterocycles. The largest absolute Gasteiger partial charge is 0.342 e. The molecule has 1 unspecified atom stereocenters. The summed E-state index contributed by atoms with van der Waals surface area (Å²) in [6.45, 7) is 4.82. The number of carbonyl (C=O) groups is 1. The van der Waals surface area contributed by atoms with Crippen LogP contribution in [-0.2, 0) is 11.3 Å². The van der Waals surface area contributed by atoms with E-state index in [0.29, 0.717) is 5.91 Å². The Hall–Kier alpha value is -1.42. The van der Waals surface area contributed by atoms with Crippen molar-refractivity contribution in [3.63, 3.8) is 0 Å². The summed E-state index contributed by atoms with van der Waals surface area (Å²) in [6.07, 6.45) is 4.46. The van der Waals surface area contributed by atoms with E-state index in [9.17, 15) is 9.18 Å². The van der Waals surface area contributed by atoms with Crippen molar-refractivity contribution in [3.05, 3.63) is 35.6 Å². The molecule has 3 rings (SSSR count). The molecule has 2 atom stereocenters. The SMILES string of the molecule is O=C([C@@H]1CCC[NH+](Cc2ccc(F)cc2)C1)N1CCCC1. The van der Waals surface area contributed by atoms with E-state index in [2.05, 4.69) is 0 Å². The van der Waals surface area contributed by atoms with Crippen LogP contribution in [0.25, 0.3) is 0 Å². The van der Waals surface area contributed by atoms with Crippen molar-refractivity contribution < 1.29 is 14.1 Å². The lowest BCUT2D eigenvalue weighted by atomic mass is 9.96. The zero-order valence-corrected chi connectivity index (χ0v) is 12.5. The van der Waals surface area contributed by atoms with Gasteiger partial charge in [-0.25, -0.2) is 4.39 Å². The van der Waals surface area contributed by atoms with Crippen LogP contribution in [0.2, 0.25) is 0 Å². The van der Waals surface area contributed by atoms with Crippen LogP contribution in [0.3, 0.4) is 0 Å². The first-order chi connectivity index (χ1) is 10.2. The van der Waals surface area contributed by atoms with Gasteiger partial charge in [-0.1, -0.05) is 12.1 Å². The van der Waals surface area contributed by atoms with Gasteiger partial charge in [-0.3, -0.25) is 4.79 Å². The first-order valence-corrected chi connectivity index (χ1v) is 8.09. The van der Waals surface area contributed by atoms with Crippen LogP contribution >= 0.6 is 0 Å². The smallest absolute Gasteiger partial charge is 0.231 e. The Morgan fingerprint density at radius 3 is 2.62 bits per heavy atom. The summed E-state index contributed by atoms with van der Waals surface area (Å²) in [6, 6.07) is 6.75. The lowest BCUT2D eigenvalue weighted by Gasteiger charge is -2.31. The Kier molecular flexibility index (Phi) is 4.54. The summed E-state index contributed by atoms with van der Waals surface area (Å²) in [5.41, 5.74) is 1.15. The molecule has 0 bridgehead atoms. The average Bonchev–Trinajstić information content (AvgIpc) is 3.03. The summed E-state index contributed by atoms with van der Waals surface area (Å²) in [7, 11) is 0. The average molecular weight is 291 g/mol. The summed E-state index contributed by atoms with van der Waals surface area (Å²) in [5, 5.41) is 0. The standard InChI is InChI=1S/C17H23FN2O/c18-16-7-5-14(6-8-16)12-19-9-3-4-15(13-19)17(21)20-10-1-2-11-20/h5-8,15H,1-4,9-13H2/p+1/t15-/m1/s1. The van der Waals surface area contributed by atoms with E-state index in [-0.39, 0.29) is 11.7 Å². The second-order valence-electron chi connectivity index (χ2n) is 6.38. The third-order valence-corrected chi connectivity index (χ3v) is 4.75.